The van der Waals surface area contributed by atoms with Crippen LogP contribution in [0.4, 0.5) is 5.82 Å². The van der Waals surface area contributed by atoms with Crippen LogP contribution in [0.25, 0.3) is 0 Å². The van der Waals surface area contributed by atoms with Crippen LogP contribution < -0.4 is 4.90 Å². The molecule has 76 valence electrons. The number of piperidine rings is 1. The molecule has 0 saturated carbocycles. The van der Waals surface area contributed by atoms with Crippen molar-refractivity contribution in [1.82, 2.24) is 9.97 Å². The molecule has 1 aliphatic rings. The Morgan fingerprint density at radius 3 is 2.71 bits per heavy atom. The quantitative estimate of drug-likeness (QED) is 0.734. The Morgan fingerprint density at radius 2 is 2.00 bits per heavy atom. The summed E-state index contributed by atoms with van der Waals surface area (Å²) < 4.78 is 0. The molecule has 2 rings (SSSR count). The van der Waals surface area contributed by atoms with Gasteiger partial charge in [-0.3, -0.25) is 0 Å². The molecule has 2 heterocycles. The summed E-state index contributed by atoms with van der Waals surface area (Å²) in [6.07, 6.45) is 5.12. The topological polar surface area (TPSA) is 49.3 Å². The standard InChI is InChI=1S/C10H15N3O/c1-8-11-7-9(14)10(12-8)13-5-3-2-4-6-13/h7,14H,2-6H2,1H3. The SMILES string of the molecule is Cc1ncc(O)c(N2CCCCC2)n1. The second kappa shape index (κ2) is 3.82. The lowest BCUT2D eigenvalue weighted by molar-refractivity contribution is 0.462. The van der Waals surface area contributed by atoms with Crippen LogP contribution in [0.1, 0.15) is 25.1 Å². The van der Waals surface area contributed by atoms with Crippen molar-refractivity contribution < 1.29 is 5.11 Å². The molecular formula is C10H15N3O. The lowest BCUT2D eigenvalue weighted by Gasteiger charge is -2.28. The highest BCUT2D eigenvalue weighted by atomic mass is 16.3. The van der Waals surface area contributed by atoms with Gasteiger partial charge in [-0.05, 0) is 26.2 Å². The van der Waals surface area contributed by atoms with Crippen molar-refractivity contribution >= 4 is 5.82 Å². The molecule has 4 nitrogen and oxygen atoms in total. The zero-order valence-corrected chi connectivity index (χ0v) is 8.40. The molecule has 1 N–H and O–H groups in total. The normalized spacial score (nSPS) is 17.1. The molecule has 1 aliphatic heterocycles. The van der Waals surface area contributed by atoms with E-state index in [4.69, 9.17) is 0 Å². The molecule has 0 aromatic carbocycles. The maximum atomic E-state index is 9.62. The van der Waals surface area contributed by atoms with Gasteiger partial charge in [0.1, 0.15) is 5.82 Å². The molecule has 1 aromatic rings. The number of hydrogen-bond donors (Lipinski definition) is 1. The average Bonchev–Trinajstić information content (AvgIpc) is 2.23. The van der Waals surface area contributed by atoms with Crippen molar-refractivity contribution in [2.24, 2.45) is 0 Å². The highest BCUT2D eigenvalue weighted by molar-refractivity contribution is 5.50. The van der Waals surface area contributed by atoms with Crippen LogP contribution in [0, 0.1) is 6.92 Å². The van der Waals surface area contributed by atoms with Crippen molar-refractivity contribution in [3.8, 4) is 5.75 Å². The largest absolute Gasteiger partial charge is 0.503 e. The van der Waals surface area contributed by atoms with E-state index in [9.17, 15) is 5.11 Å². The van der Waals surface area contributed by atoms with E-state index in [2.05, 4.69) is 14.9 Å². The fourth-order valence-corrected chi connectivity index (χ4v) is 1.79. The van der Waals surface area contributed by atoms with E-state index in [0.717, 1.165) is 13.1 Å². The molecule has 14 heavy (non-hydrogen) atoms. The second-order valence-corrected chi connectivity index (χ2v) is 3.67. The first-order valence-corrected chi connectivity index (χ1v) is 5.05. The van der Waals surface area contributed by atoms with Gasteiger partial charge in [0.25, 0.3) is 0 Å². The molecule has 0 atom stereocenters. The van der Waals surface area contributed by atoms with Crippen LogP contribution in [0.15, 0.2) is 6.20 Å². The maximum Gasteiger partial charge on any atom is 0.177 e. The summed E-state index contributed by atoms with van der Waals surface area (Å²) in [5.74, 6) is 1.60. The number of nitrogens with zero attached hydrogens (tertiary/aromatic N) is 3. The Kier molecular flexibility index (Phi) is 2.52. The lowest BCUT2D eigenvalue weighted by Crippen LogP contribution is -2.30. The highest BCUT2D eigenvalue weighted by Crippen LogP contribution is 2.25. The van der Waals surface area contributed by atoms with Gasteiger partial charge in [-0.1, -0.05) is 0 Å². The molecule has 4 heteroatoms. The molecule has 0 amide bonds. The van der Waals surface area contributed by atoms with Gasteiger partial charge in [-0.25, -0.2) is 9.97 Å². The molecular weight excluding hydrogens is 178 g/mol. The number of anilines is 1. The van der Waals surface area contributed by atoms with E-state index >= 15 is 0 Å². The van der Waals surface area contributed by atoms with Crippen molar-refractivity contribution in [1.29, 1.82) is 0 Å². The van der Waals surface area contributed by atoms with Crippen LogP contribution in [-0.2, 0) is 0 Å². The Bertz CT molecular complexity index is 321. The summed E-state index contributed by atoms with van der Waals surface area (Å²) >= 11 is 0. The Hall–Kier alpha value is -1.32. The van der Waals surface area contributed by atoms with Gasteiger partial charge in [-0.15, -0.1) is 0 Å². The van der Waals surface area contributed by atoms with Gasteiger partial charge in [0.2, 0.25) is 0 Å². The van der Waals surface area contributed by atoms with Gasteiger partial charge < -0.3 is 10.0 Å². The Morgan fingerprint density at radius 1 is 1.29 bits per heavy atom. The van der Waals surface area contributed by atoms with E-state index < -0.39 is 0 Å². The third kappa shape index (κ3) is 1.78. The van der Waals surface area contributed by atoms with Gasteiger partial charge in [0, 0.05) is 13.1 Å². The molecule has 1 saturated heterocycles. The zero-order valence-electron chi connectivity index (χ0n) is 8.40. The number of aryl methyl sites for hydroxylation is 1. The molecule has 0 unspecified atom stereocenters. The molecule has 0 aliphatic carbocycles. The third-order valence-corrected chi connectivity index (χ3v) is 2.53. The first-order valence-electron chi connectivity index (χ1n) is 5.05. The van der Waals surface area contributed by atoms with Gasteiger partial charge in [-0.2, -0.15) is 0 Å². The van der Waals surface area contributed by atoms with E-state index in [0.29, 0.717) is 11.6 Å². The van der Waals surface area contributed by atoms with Crippen LogP contribution in [-0.4, -0.2) is 28.2 Å². The highest BCUT2D eigenvalue weighted by Gasteiger charge is 2.15. The van der Waals surface area contributed by atoms with Crippen LogP contribution in [0.3, 0.4) is 0 Å². The monoisotopic (exact) mass is 193 g/mol. The Balaban J connectivity index is 2.24. The van der Waals surface area contributed by atoms with Crippen molar-refractivity contribution in [2.75, 3.05) is 18.0 Å². The maximum absolute atomic E-state index is 9.62. The summed E-state index contributed by atoms with van der Waals surface area (Å²) in [6, 6.07) is 0. The van der Waals surface area contributed by atoms with Crippen molar-refractivity contribution in [3.05, 3.63) is 12.0 Å². The van der Waals surface area contributed by atoms with Crippen molar-refractivity contribution in [3.63, 3.8) is 0 Å². The lowest BCUT2D eigenvalue weighted by atomic mass is 10.1. The average molecular weight is 193 g/mol. The summed E-state index contributed by atoms with van der Waals surface area (Å²) in [5.41, 5.74) is 0. The number of aromatic nitrogens is 2. The predicted molar refractivity (Wildman–Crippen MR) is 54.5 cm³/mol. The van der Waals surface area contributed by atoms with Crippen LogP contribution in [0.2, 0.25) is 0 Å². The minimum atomic E-state index is 0.192. The summed E-state index contributed by atoms with van der Waals surface area (Å²) in [4.78, 5) is 10.3. The van der Waals surface area contributed by atoms with Crippen LogP contribution in [0.5, 0.6) is 5.75 Å². The molecule has 0 radical (unpaired) electrons. The number of hydrogen-bond acceptors (Lipinski definition) is 4. The third-order valence-electron chi connectivity index (χ3n) is 2.53. The van der Waals surface area contributed by atoms with E-state index in [1.807, 2.05) is 6.92 Å². The minimum absolute atomic E-state index is 0.192. The van der Waals surface area contributed by atoms with Crippen molar-refractivity contribution in [2.45, 2.75) is 26.2 Å². The van der Waals surface area contributed by atoms with E-state index in [1.54, 1.807) is 0 Å². The second-order valence-electron chi connectivity index (χ2n) is 3.67. The van der Waals surface area contributed by atoms with Gasteiger partial charge >= 0.3 is 0 Å². The summed E-state index contributed by atoms with van der Waals surface area (Å²) in [7, 11) is 0. The summed E-state index contributed by atoms with van der Waals surface area (Å²) in [5, 5.41) is 9.62. The summed E-state index contributed by atoms with van der Waals surface area (Å²) in [6.45, 7) is 3.82. The van der Waals surface area contributed by atoms with Gasteiger partial charge in [0.15, 0.2) is 11.6 Å². The fourth-order valence-electron chi connectivity index (χ4n) is 1.79. The van der Waals surface area contributed by atoms with E-state index in [-0.39, 0.29) is 5.75 Å². The first kappa shape index (κ1) is 9.24. The predicted octanol–water partition coefficient (Wildman–Crippen LogP) is 1.48. The van der Waals surface area contributed by atoms with E-state index in [1.165, 1.54) is 25.5 Å². The van der Waals surface area contributed by atoms with Crippen LogP contribution >= 0.6 is 0 Å². The minimum Gasteiger partial charge on any atom is -0.503 e. The molecule has 1 fully saturated rings. The molecule has 1 aromatic heterocycles. The number of aromatic hydroxyl groups is 1. The number of rotatable bonds is 1. The molecule has 0 bridgehead atoms. The first-order chi connectivity index (χ1) is 6.77. The molecule has 0 spiro atoms. The smallest absolute Gasteiger partial charge is 0.177 e. The Labute approximate surface area is 83.6 Å². The fraction of sp³-hybridized carbons (Fsp3) is 0.600. The van der Waals surface area contributed by atoms with Gasteiger partial charge in [0.05, 0.1) is 6.20 Å². The zero-order chi connectivity index (χ0) is 9.97.